The van der Waals surface area contributed by atoms with E-state index in [1.807, 2.05) is 0 Å². The number of aromatic nitrogens is 2. The Morgan fingerprint density at radius 3 is 2.29 bits per heavy atom. The number of hydrogen-bond donors (Lipinski definition) is 2. The van der Waals surface area contributed by atoms with Crippen LogP contribution in [0.15, 0.2) is 54.6 Å². The largest absolute Gasteiger partial charge is 0.350 e. The van der Waals surface area contributed by atoms with Gasteiger partial charge in [-0.3, -0.25) is 19.1 Å². The number of fused-ring (bicyclic) bond motifs is 1. The predicted octanol–water partition coefficient (Wildman–Crippen LogP) is 2.77. The van der Waals surface area contributed by atoms with Crippen molar-refractivity contribution < 1.29 is 18.8 Å². The number of likely N-dealkylation sites (N-methyl/N-ethyl adjacent to an activating group) is 1. The molecule has 0 saturated heterocycles. The van der Waals surface area contributed by atoms with Gasteiger partial charge in [0.15, 0.2) is 5.69 Å². The maximum absolute atomic E-state index is 13.1. The highest BCUT2D eigenvalue weighted by Gasteiger charge is 2.46. The number of rotatable bonds is 6. The van der Waals surface area contributed by atoms with E-state index in [0.717, 1.165) is 11.1 Å². The molecule has 0 radical (unpaired) electrons. The number of hydrogen-bond acceptors (Lipinski definition) is 4. The maximum atomic E-state index is 13.1. The summed E-state index contributed by atoms with van der Waals surface area (Å²) in [6, 6.07) is 14.3. The van der Waals surface area contributed by atoms with E-state index >= 15 is 0 Å². The van der Waals surface area contributed by atoms with Gasteiger partial charge in [0.25, 0.3) is 11.8 Å². The molecular weight excluding hydrogens is 461 g/mol. The summed E-state index contributed by atoms with van der Waals surface area (Å²) in [5.74, 6) is -1.61. The smallest absolute Gasteiger partial charge is 0.272 e. The second-order valence-electron chi connectivity index (χ2n) is 8.33. The SMILES string of the molecule is CN1C(=O)c2cc(C(=O)NCc3ccc(Cl)cc3)nn2CC1(C)C(=O)NCc1ccc(F)cc1. The fourth-order valence-corrected chi connectivity index (χ4v) is 3.81. The first-order chi connectivity index (χ1) is 16.2. The van der Waals surface area contributed by atoms with Gasteiger partial charge in [-0.2, -0.15) is 5.10 Å². The van der Waals surface area contributed by atoms with Gasteiger partial charge in [-0.05, 0) is 42.3 Å². The van der Waals surface area contributed by atoms with Crippen LogP contribution in [0.5, 0.6) is 0 Å². The van der Waals surface area contributed by atoms with E-state index in [9.17, 15) is 18.8 Å². The van der Waals surface area contributed by atoms with Crippen LogP contribution in [-0.2, 0) is 24.4 Å². The molecule has 3 aromatic rings. The van der Waals surface area contributed by atoms with Gasteiger partial charge < -0.3 is 15.5 Å². The summed E-state index contributed by atoms with van der Waals surface area (Å²) in [5.41, 5.74) is 0.669. The van der Waals surface area contributed by atoms with E-state index in [-0.39, 0.29) is 42.7 Å². The van der Waals surface area contributed by atoms with Crippen molar-refractivity contribution >= 4 is 29.3 Å². The lowest BCUT2D eigenvalue weighted by molar-refractivity contribution is -0.132. The minimum Gasteiger partial charge on any atom is -0.350 e. The molecule has 34 heavy (non-hydrogen) atoms. The molecular formula is C24H23ClFN5O3. The molecule has 1 aromatic heterocycles. The van der Waals surface area contributed by atoms with E-state index in [2.05, 4.69) is 15.7 Å². The van der Waals surface area contributed by atoms with Crippen LogP contribution in [0.2, 0.25) is 5.02 Å². The molecule has 0 aliphatic carbocycles. The standard InChI is InChI=1S/C24H23ClFN5O3/c1-24(23(34)28-13-16-5-9-18(26)10-6-16)14-31-20(22(33)30(24)2)11-19(29-31)21(32)27-12-15-3-7-17(25)8-4-15/h3-11H,12-14H2,1-2H3,(H,27,32)(H,28,34). The summed E-state index contributed by atoms with van der Waals surface area (Å²) < 4.78 is 14.5. The van der Waals surface area contributed by atoms with Gasteiger partial charge in [0, 0.05) is 31.2 Å². The first kappa shape index (κ1) is 23.4. The second-order valence-corrected chi connectivity index (χ2v) is 8.77. The topological polar surface area (TPSA) is 96.3 Å². The zero-order chi connectivity index (χ0) is 24.5. The molecule has 2 heterocycles. The van der Waals surface area contributed by atoms with E-state index in [1.54, 1.807) is 43.3 Å². The first-order valence-corrected chi connectivity index (χ1v) is 11.0. The monoisotopic (exact) mass is 483 g/mol. The second kappa shape index (κ2) is 9.26. The highest BCUT2D eigenvalue weighted by molar-refractivity contribution is 6.30. The van der Waals surface area contributed by atoms with Crippen molar-refractivity contribution in [1.29, 1.82) is 0 Å². The van der Waals surface area contributed by atoms with Gasteiger partial charge in [0.2, 0.25) is 5.91 Å². The lowest BCUT2D eigenvalue weighted by Crippen LogP contribution is -2.62. The molecule has 1 aliphatic heterocycles. The third-order valence-electron chi connectivity index (χ3n) is 5.96. The third-order valence-corrected chi connectivity index (χ3v) is 6.21. The third kappa shape index (κ3) is 4.65. The molecule has 0 bridgehead atoms. The Balaban J connectivity index is 1.46. The van der Waals surface area contributed by atoms with Gasteiger partial charge in [0.1, 0.15) is 17.1 Å². The van der Waals surface area contributed by atoms with Crippen LogP contribution in [0.3, 0.4) is 0 Å². The van der Waals surface area contributed by atoms with Crippen molar-refractivity contribution in [2.45, 2.75) is 32.1 Å². The summed E-state index contributed by atoms with van der Waals surface area (Å²) in [7, 11) is 1.54. The molecule has 1 aliphatic rings. The van der Waals surface area contributed by atoms with Gasteiger partial charge >= 0.3 is 0 Å². The average Bonchev–Trinajstić information content (AvgIpc) is 3.25. The Labute approximate surface area is 200 Å². The number of benzene rings is 2. The van der Waals surface area contributed by atoms with Gasteiger partial charge in [0.05, 0.1) is 6.54 Å². The summed E-state index contributed by atoms with van der Waals surface area (Å²) in [6.07, 6.45) is 0. The van der Waals surface area contributed by atoms with Gasteiger partial charge in [-0.1, -0.05) is 35.9 Å². The van der Waals surface area contributed by atoms with E-state index < -0.39 is 17.4 Å². The lowest BCUT2D eigenvalue weighted by atomic mass is 9.96. The summed E-state index contributed by atoms with van der Waals surface area (Å²) in [6.45, 7) is 2.16. The lowest BCUT2D eigenvalue weighted by Gasteiger charge is -2.40. The number of amides is 3. The molecule has 2 aromatic carbocycles. The fraction of sp³-hybridized carbons (Fsp3) is 0.250. The van der Waals surface area contributed by atoms with Crippen LogP contribution >= 0.6 is 11.6 Å². The van der Waals surface area contributed by atoms with Gasteiger partial charge in [-0.15, -0.1) is 0 Å². The quantitative estimate of drug-likeness (QED) is 0.563. The highest BCUT2D eigenvalue weighted by atomic mass is 35.5. The van der Waals surface area contributed by atoms with Gasteiger partial charge in [-0.25, -0.2) is 4.39 Å². The highest BCUT2D eigenvalue weighted by Crippen LogP contribution is 2.26. The van der Waals surface area contributed by atoms with Crippen LogP contribution < -0.4 is 10.6 Å². The van der Waals surface area contributed by atoms with Crippen LogP contribution in [-0.4, -0.2) is 45.0 Å². The van der Waals surface area contributed by atoms with Crippen LogP contribution in [0.25, 0.3) is 0 Å². The van der Waals surface area contributed by atoms with Crippen molar-refractivity contribution in [2.75, 3.05) is 7.05 Å². The molecule has 1 unspecified atom stereocenters. The first-order valence-electron chi connectivity index (χ1n) is 10.6. The van der Waals surface area contributed by atoms with E-state index in [0.29, 0.717) is 5.02 Å². The number of nitrogens with one attached hydrogen (secondary N) is 2. The fourth-order valence-electron chi connectivity index (χ4n) is 3.69. The molecule has 0 fully saturated rings. The predicted molar refractivity (Wildman–Crippen MR) is 124 cm³/mol. The summed E-state index contributed by atoms with van der Waals surface area (Å²) >= 11 is 5.88. The van der Waals surface area contributed by atoms with Crippen molar-refractivity contribution in [1.82, 2.24) is 25.3 Å². The van der Waals surface area contributed by atoms with Crippen LogP contribution in [0, 0.1) is 5.82 Å². The molecule has 0 spiro atoms. The van der Waals surface area contributed by atoms with E-state index in [4.69, 9.17) is 11.6 Å². The van der Waals surface area contributed by atoms with Crippen molar-refractivity contribution in [3.63, 3.8) is 0 Å². The molecule has 0 saturated carbocycles. The number of halogens is 2. The Kier molecular flexibility index (Phi) is 6.39. The normalized spacial score (nSPS) is 17.3. The Morgan fingerprint density at radius 1 is 1.06 bits per heavy atom. The molecule has 10 heteroatoms. The van der Waals surface area contributed by atoms with Crippen molar-refractivity contribution in [3.8, 4) is 0 Å². The number of nitrogens with zero attached hydrogens (tertiary/aromatic N) is 3. The molecule has 8 nitrogen and oxygen atoms in total. The summed E-state index contributed by atoms with van der Waals surface area (Å²) in [4.78, 5) is 40.0. The van der Waals surface area contributed by atoms with Crippen LogP contribution in [0.1, 0.15) is 39.0 Å². The van der Waals surface area contributed by atoms with Crippen LogP contribution in [0.4, 0.5) is 4.39 Å². The molecule has 4 rings (SSSR count). The van der Waals surface area contributed by atoms with Crippen molar-refractivity contribution in [2.24, 2.45) is 0 Å². The zero-order valence-electron chi connectivity index (χ0n) is 18.6. The molecule has 1 atom stereocenters. The number of carbonyl (C=O) groups excluding carboxylic acids is 3. The van der Waals surface area contributed by atoms with Crippen molar-refractivity contribution in [3.05, 3.63) is 88.0 Å². The minimum atomic E-state index is -1.23. The maximum Gasteiger partial charge on any atom is 0.272 e. The Bertz CT molecular complexity index is 1240. The Morgan fingerprint density at radius 2 is 1.65 bits per heavy atom. The summed E-state index contributed by atoms with van der Waals surface area (Å²) in [5, 5.41) is 10.4. The molecule has 2 N–H and O–H groups in total. The molecule has 176 valence electrons. The Hall–Kier alpha value is -3.72. The molecule has 3 amide bonds. The minimum absolute atomic E-state index is 0.0737. The average molecular weight is 484 g/mol. The number of carbonyl (C=O) groups is 3. The zero-order valence-corrected chi connectivity index (χ0v) is 19.4. The van der Waals surface area contributed by atoms with E-state index in [1.165, 1.54) is 34.8 Å².